The highest BCUT2D eigenvalue weighted by Crippen LogP contribution is 2.43. The second kappa shape index (κ2) is 14.1. The molecular weight excluding hydrogens is 520 g/mol. The van der Waals surface area contributed by atoms with E-state index in [-0.39, 0.29) is 0 Å². The molecule has 7 nitrogen and oxygen atoms in total. The average molecular weight is 587 g/mol. The summed E-state index contributed by atoms with van der Waals surface area (Å²) in [4.78, 5) is 29.1. The summed E-state index contributed by atoms with van der Waals surface area (Å²) in [5.41, 5.74) is 0.327. The van der Waals surface area contributed by atoms with Gasteiger partial charge in [0.25, 0.3) is 0 Å². The van der Waals surface area contributed by atoms with E-state index >= 15 is 0 Å². The summed E-state index contributed by atoms with van der Waals surface area (Å²) in [5, 5.41) is 0. The predicted molar refractivity (Wildman–Crippen MR) is 175 cm³/mol. The summed E-state index contributed by atoms with van der Waals surface area (Å²) in [5.74, 6) is 2.17. The monoisotopic (exact) mass is 587 g/mol. The number of amides is 1. The van der Waals surface area contributed by atoms with Crippen molar-refractivity contribution in [2.45, 2.75) is 124 Å². The SMILES string of the molecule is CCN(CCC1CC1CN1CCN(C(C)C)CC1CN1CC2(CCC1=O)CCN(C(C)C)C2)C1CCN(C(C)C)CC1. The zero-order chi connectivity index (χ0) is 30.0. The standard InChI is InChI=1S/C35H66N6O/c1-8-36(32-11-16-37(17-12-32)27(2)3)15-10-30-21-31(30)22-39-20-19-38(28(4)5)23-33(39)24-41-26-35(13-9-34(41)42)14-18-40(25-35)29(6)7/h27-33H,8-26H2,1-7H3. The van der Waals surface area contributed by atoms with Gasteiger partial charge in [-0.15, -0.1) is 0 Å². The maximum Gasteiger partial charge on any atom is 0.222 e. The van der Waals surface area contributed by atoms with Crippen molar-refractivity contribution >= 4 is 5.91 Å². The van der Waals surface area contributed by atoms with Crippen LogP contribution in [0.1, 0.15) is 93.4 Å². The zero-order valence-electron chi connectivity index (χ0n) is 28.6. The summed E-state index contributed by atoms with van der Waals surface area (Å²) in [6.45, 7) is 30.4. The summed E-state index contributed by atoms with van der Waals surface area (Å²) >= 11 is 0. The van der Waals surface area contributed by atoms with Crippen LogP contribution >= 0.6 is 0 Å². The lowest BCUT2D eigenvalue weighted by Gasteiger charge is -2.47. The van der Waals surface area contributed by atoms with Crippen LogP contribution in [-0.2, 0) is 4.79 Å². The van der Waals surface area contributed by atoms with Gasteiger partial charge in [-0.25, -0.2) is 0 Å². The van der Waals surface area contributed by atoms with Gasteiger partial charge in [-0.3, -0.25) is 14.6 Å². The summed E-state index contributed by atoms with van der Waals surface area (Å²) in [6, 6.07) is 3.13. The molecule has 0 aromatic carbocycles. The Bertz CT molecular complexity index is 872. The maximum absolute atomic E-state index is 13.3. The van der Waals surface area contributed by atoms with Gasteiger partial charge in [0.1, 0.15) is 0 Å². The number of piperidine rings is 2. The van der Waals surface area contributed by atoms with Crippen LogP contribution in [0.4, 0.5) is 0 Å². The maximum atomic E-state index is 13.3. The molecule has 5 aliphatic rings. The number of nitrogens with zero attached hydrogens (tertiary/aromatic N) is 6. The lowest BCUT2D eigenvalue weighted by molar-refractivity contribution is -0.139. The number of likely N-dealkylation sites (tertiary alicyclic amines) is 3. The first-order chi connectivity index (χ1) is 20.1. The quantitative estimate of drug-likeness (QED) is 0.339. The average Bonchev–Trinajstić information content (AvgIpc) is 3.57. The first-order valence-electron chi connectivity index (χ1n) is 18.1. The Morgan fingerprint density at radius 3 is 2.17 bits per heavy atom. The van der Waals surface area contributed by atoms with E-state index in [0.29, 0.717) is 35.5 Å². The Kier molecular flexibility index (Phi) is 11.0. The molecule has 1 saturated carbocycles. The van der Waals surface area contributed by atoms with Gasteiger partial charge >= 0.3 is 0 Å². The number of carbonyl (C=O) groups is 1. The van der Waals surface area contributed by atoms with Gasteiger partial charge in [-0.05, 0) is 125 Å². The molecule has 42 heavy (non-hydrogen) atoms. The first kappa shape index (κ1) is 32.7. The molecule has 1 amide bonds. The number of carbonyl (C=O) groups excluding carboxylic acids is 1. The minimum atomic E-state index is 0.327. The normalized spacial score (nSPS) is 33.0. The van der Waals surface area contributed by atoms with Crippen molar-refractivity contribution in [2.75, 3.05) is 78.5 Å². The third kappa shape index (κ3) is 7.91. The molecule has 4 saturated heterocycles. The minimum absolute atomic E-state index is 0.327. The van der Waals surface area contributed by atoms with Crippen molar-refractivity contribution in [3.63, 3.8) is 0 Å². The lowest BCUT2D eigenvalue weighted by Crippen LogP contribution is -2.60. The number of rotatable bonds is 12. The Morgan fingerprint density at radius 1 is 0.810 bits per heavy atom. The van der Waals surface area contributed by atoms with Crippen LogP contribution in [0.15, 0.2) is 0 Å². The Morgan fingerprint density at radius 2 is 1.52 bits per heavy atom. The molecule has 0 aromatic heterocycles. The summed E-state index contributed by atoms with van der Waals surface area (Å²) in [7, 11) is 0. The fraction of sp³-hybridized carbons (Fsp3) is 0.971. The molecule has 1 spiro atoms. The third-order valence-corrected chi connectivity index (χ3v) is 12.2. The Balaban J connectivity index is 1.13. The van der Waals surface area contributed by atoms with Crippen LogP contribution in [0.3, 0.4) is 0 Å². The molecule has 0 aromatic rings. The van der Waals surface area contributed by atoms with Crippen LogP contribution in [0.25, 0.3) is 0 Å². The highest BCUT2D eigenvalue weighted by atomic mass is 16.2. The van der Waals surface area contributed by atoms with E-state index in [2.05, 4.69) is 77.9 Å². The molecular formula is C35H66N6O. The van der Waals surface area contributed by atoms with E-state index in [1.165, 1.54) is 84.5 Å². The fourth-order valence-electron chi connectivity index (χ4n) is 8.95. The van der Waals surface area contributed by atoms with Crippen LogP contribution in [-0.4, -0.2) is 144 Å². The van der Waals surface area contributed by atoms with Crippen molar-refractivity contribution < 1.29 is 4.79 Å². The van der Waals surface area contributed by atoms with Crippen molar-refractivity contribution in [3.8, 4) is 0 Å². The molecule has 7 heteroatoms. The highest BCUT2D eigenvalue weighted by molar-refractivity contribution is 5.77. The second-order valence-corrected chi connectivity index (χ2v) is 15.9. The molecule has 1 aliphatic carbocycles. The van der Waals surface area contributed by atoms with Gasteiger partial charge in [-0.1, -0.05) is 6.92 Å². The summed E-state index contributed by atoms with van der Waals surface area (Å²) in [6.07, 6.45) is 8.57. The summed E-state index contributed by atoms with van der Waals surface area (Å²) < 4.78 is 0. The van der Waals surface area contributed by atoms with E-state index in [0.717, 1.165) is 56.9 Å². The topological polar surface area (TPSA) is 36.5 Å². The molecule has 0 radical (unpaired) electrons. The van der Waals surface area contributed by atoms with Crippen LogP contribution in [0.2, 0.25) is 0 Å². The Labute approximate surface area is 259 Å². The molecule has 5 rings (SSSR count). The van der Waals surface area contributed by atoms with Crippen molar-refractivity contribution in [3.05, 3.63) is 0 Å². The minimum Gasteiger partial charge on any atom is -0.340 e. The number of hydrogen-bond donors (Lipinski definition) is 0. The number of piperazine rings is 1. The number of hydrogen-bond acceptors (Lipinski definition) is 6. The highest BCUT2D eigenvalue weighted by Gasteiger charge is 2.46. The van der Waals surface area contributed by atoms with Gasteiger partial charge in [0.2, 0.25) is 5.91 Å². The van der Waals surface area contributed by atoms with Crippen LogP contribution in [0, 0.1) is 17.3 Å². The van der Waals surface area contributed by atoms with E-state index in [4.69, 9.17) is 0 Å². The van der Waals surface area contributed by atoms with Crippen molar-refractivity contribution in [1.29, 1.82) is 0 Å². The van der Waals surface area contributed by atoms with Crippen LogP contribution in [0.5, 0.6) is 0 Å². The zero-order valence-corrected chi connectivity index (χ0v) is 28.6. The van der Waals surface area contributed by atoms with Gasteiger partial charge in [0.05, 0.1) is 0 Å². The second-order valence-electron chi connectivity index (χ2n) is 15.9. The van der Waals surface area contributed by atoms with E-state index in [1.807, 2.05) is 0 Å². The van der Waals surface area contributed by atoms with Gasteiger partial charge < -0.3 is 19.6 Å². The van der Waals surface area contributed by atoms with Gasteiger partial charge in [0, 0.05) is 87.9 Å². The smallest absolute Gasteiger partial charge is 0.222 e. The molecule has 4 heterocycles. The predicted octanol–water partition coefficient (Wildman–Crippen LogP) is 4.32. The van der Waals surface area contributed by atoms with Crippen LogP contribution < -0.4 is 0 Å². The molecule has 4 unspecified atom stereocenters. The fourth-order valence-corrected chi connectivity index (χ4v) is 8.95. The molecule has 4 atom stereocenters. The van der Waals surface area contributed by atoms with Gasteiger partial charge in [0.15, 0.2) is 0 Å². The first-order valence-corrected chi connectivity index (χ1v) is 18.1. The largest absolute Gasteiger partial charge is 0.340 e. The molecule has 242 valence electrons. The molecule has 4 aliphatic heterocycles. The third-order valence-electron chi connectivity index (χ3n) is 12.2. The van der Waals surface area contributed by atoms with Crippen molar-refractivity contribution in [2.24, 2.45) is 17.3 Å². The molecule has 5 fully saturated rings. The van der Waals surface area contributed by atoms with E-state index in [9.17, 15) is 4.79 Å². The van der Waals surface area contributed by atoms with E-state index in [1.54, 1.807) is 0 Å². The van der Waals surface area contributed by atoms with Gasteiger partial charge in [-0.2, -0.15) is 0 Å². The molecule has 0 N–H and O–H groups in total. The molecule has 0 bridgehead atoms. The van der Waals surface area contributed by atoms with Crippen molar-refractivity contribution in [1.82, 2.24) is 29.4 Å². The van der Waals surface area contributed by atoms with E-state index < -0.39 is 0 Å². The Hall–Kier alpha value is -0.730. The lowest BCUT2D eigenvalue weighted by atomic mass is 9.78.